The standard InChI is InChI=1S/C56H92O6/c1-4-7-10-13-16-19-21-23-25-27-28-29-31-32-34-37-40-43-46-49-55(58)61-52-53(51-60-54(57)48-45-42-39-36-18-15-12-9-6-3)62-56(59)50-47-44-41-38-35-33-30-26-24-22-20-17-14-11-8-5-2/h8-9,11-12,16-21,23-24,26,33,35-36,53H,4-7,10,13-15,22,25,27-32,34,37-52H2,1-3H3/b11-8-,12-9-,19-16-,20-17-,23-21-,26-24-,35-33-,36-18-. The lowest BCUT2D eigenvalue weighted by molar-refractivity contribution is -0.167. The summed E-state index contributed by atoms with van der Waals surface area (Å²) in [6.07, 6.45) is 65.5. The van der Waals surface area contributed by atoms with Crippen LogP contribution in [-0.4, -0.2) is 37.2 Å². The number of hydrogen-bond acceptors (Lipinski definition) is 6. The van der Waals surface area contributed by atoms with Crippen LogP contribution < -0.4 is 0 Å². The Hall–Kier alpha value is -3.67. The lowest BCUT2D eigenvalue weighted by Gasteiger charge is -2.18. The Bertz CT molecular complexity index is 1260. The smallest absolute Gasteiger partial charge is 0.306 e. The van der Waals surface area contributed by atoms with E-state index < -0.39 is 6.10 Å². The van der Waals surface area contributed by atoms with Crippen molar-refractivity contribution in [3.63, 3.8) is 0 Å². The zero-order chi connectivity index (χ0) is 45.1. The molecule has 1 atom stereocenters. The van der Waals surface area contributed by atoms with Crippen molar-refractivity contribution in [1.29, 1.82) is 0 Å². The molecule has 352 valence electrons. The SMILES string of the molecule is CC/C=C\C/C=C\C/C=C\C/C=C\CCCCCC(=O)OC(COC(=O)CCCC/C=C\C/C=C\CC)COC(=O)CCCCCCCCCCCC/C=C\C=C/CCCCC. The Morgan fingerprint density at radius 3 is 1.13 bits per heavy atom. The summed E-state index contributed by atoms with van der Waals surface area (Å²) in [5.41, 5.74) is 0. The van der Waals surface area contributed by atoms with E-state index in [0.717, 1.165) is 103 Å². The van der Waals surface area contributed by atoms with Crippen LogP contribution in [0.25, 0.3) is 0 Å². The Balaban J connectivity index is 4.39. The van der Waals surface area contributed by atoms with Crippen molar-refractivity contribution in [2.75, 3.05) is 13.2 Å². The summed E-state index contributed by atoms with van der Waals surface area (Å²) in [6, 6.07) is 0. The lowest BCUT2D eigenvalue weighted by atomic mass is 10.1. The van der Waals surface area contributed by atoms with Crippen LogP contribution in [-0.2, 0) is 28.6 Å². The summed E-state index contributed by atoms with van der Waals surface area (Å²) in [5, 5.41) is 0. The Morgan fingerprint density at radius 1 is 0.355 bits per heavy atom. The first-order valence-electron chi connectivity index (χ1n) is 25.3. The first kappa shape index (κ1) is 58.3. The Kier molecular flexibility index (Phi) is 47.0. The van der Waals surface area contributed by atoms with Crippen LogP contribution in [0.5, 0.6) is 0 Å². The van der Waals surface area contributed by atoms with Gasteiger partial charge in [-0.1, -0.05) is 189 Å². The fourth-order valence-corrected chi connectivity index (χ4v) is 6.58. The van der Waals surface area contributed by atoms with Gasteiger partial charge in [-0.05, 0) is 109 Å². The van der Waals surface area contributed by atoms with Crippen LogP contribution in [0.2, 0.25) is 0 Å². The summed E-state index contributed by atoms with van der Waals surface area (Å²) in [5.74, 6) is -0.982. The number of carbonyl (C=O) groups excluding carboxylic acids is 3. The van der Waals surface area contributed by atoms with Crippen molar-refractivity contribution in [3.05, 3.63) is 97.2 Å². The quantitative estimate of drug-likeness (QED) is 0.0200. The molecule has 0 radical (unpaired) electrons. The van der Waals surface area contributed by atoms with Gasteiger partial charge in [0, 0.05) is 19.3 Å². The lowest BCUT2D eigenvalue weighted by Crippen LogP contribution is -2.30. The topological polar surface area (TPSA) is 78.9 Å². The van der Waals surface area contributed by atoms with Gasteiger partial charge in [-0.15, -0.1) is 0 Å². The monoisotopic (exact) mass is 861 g/mol. The van der Waals surface area contributed by atoms with Crippen molar-refractivity contribution in [2.45, 2.75) is 226 Å². The molecular weight excluding hydrogens is 769 g/mol. The molecule has 6 nitrogen and oxygen atoms in total. The molecule has 62 heavy (non-hydrogen) atoms. The molecular formula is C56H92O6. The van der Waals surface area contributed by atoms with E-state index in [1.807, 2.05) is 0 Å². The van der Waals surface area contributed by atoms with E-state index in [1.165, 1.54) is 77.0 Å². The van der Waals surface area contributed by atoms with Crippen LogP contribution >= 0.6 is 0 Å². The van der Waals surface area contributed by atoms with E-state index in [2.05, 4.69) is 118 Å². The van der Waals surface area contributed by atoms with E-state index in [1.54, 1.807) is 0 Å². The van der Waals surface area contributed by atoms with Gasteiger partial charge < -0.3 is 14.2 Å². The highest BCUT2D eigenvalue weighted by atomic mass is 16.6. The number of allylic oxidation sites excluding steroid dienone is 16. The average molecular weight is 861 g/mol. The first-order chi connectivity index (χ1) is 30.5. The molecule has 0 bridgehead atoms. The Labute approximate surface area is 381 Å². The molecule has 6 heteroatoms. The number of hydrogen-bond donors (Lipinski definition) is 0. The predicted molar refractivity (Wildman–Crippen MR) is 265 cm³/mol. The Morgan fingerprint density at radius 2 is 0.677 bits per heavy atom. The number of ether oxygens (including phenoxy) is 3. The minimum absolute atomic E-state index is 0.104. The number of rotatable bonds is 44. The maximum Gasteiger partial charge on any atom is 0.306 e. The molecule has 0 saturated heterocycles. The van der Waals surface area contributed by atoms with Crippen molar-refractivity contribution in [3.8, 4) is 0 Å². The van der Waals surface area contributed by atoms with Crippen molar-refractivity contribution in [1.82, 2.24) is 0 Å². The minimum Gasteiger partial charge on any atom is -0.462 e. The number of esters is 3. The second-order valence-corrected chi connectivity index (χ2v) is 16.3. The van der Waals surface area contributed by atoms with E-state index >= 15 is 0 Å². The van der Waals surface area contributed by atoms with Crippen molar-refractivity contribution in [2.24, 2.45) is 0 Å². The highest BCUT2D eigenvalue weighted by Gasteiger charge is 2.19. The van der Waals surface area contributed by atoms with Crippen LogP contribution in [0.4, 0.5) is 0 Å². The van der Waals surface area contributed by atoms with Gasteiger partial charge in [0.25, 0.3) is 0 Å². The van der Waals surface area contributed by atoms with Gasteiger partial charge in [-0.3, -0.25) is 14.4 Å². The molecule has 0 aromatic carbocycles. The van der Waals surface area contributed by atoms with Gasteiger partial charge in [-0.2, -0.15) is 0 Å². The largest absolute Gasteiger partial charge is 0.462 e. The zero-order valence-corrected chi connectivity index (χ0v) is 40.1. The predicted octanol–water partition coefficient (Wildman–Crippen LogP) is 16.6. The average Bonchev–Trinajstić information content (AvgIpc) is 3.27. The third kappa shape index (κ3) is 47.4. The molecule has 0 N–H and O–H groups in total. The zero-order valence-electron chi connectivity index (χ0n) is 40.1. The molecule has 1 unspecified atom stereocenters. The van der Waals surface area contributed by atoms with Gasteiger partial charge in [-0.25, -0.2) is 0 Å². The summed E-state index contributed by atoms with van der Waals surface area (Å²) < 4.78 is 16.7. The molecule has 0 heterocycles. The molecule has 0 aliphatic carbocycles. The first-order valence-corrected chi connectivity index (χ1v) is 25.3. The fraction of sp³-hybridized carbons (Fsp3) is 0.661. The maximum absolute atomic E-state index is 12.8. The highest BCUT2D eigenvalue weighted by Crippen LogP contribution is 2.14. The second kappa shape index (κ2) is 50.0. The maximum atomic E-state index is 12.8. The van der Waals surface area contributed by atoms with E-state index in [9.17, 15) is 14.4 Å². The fourth-order valence-electron chi connectivity index (χ4n) is 6.58. The van der Waals surface area contributed by atoms with Gasteiger partial charge in [0.05, 0.1) is 0 Å². The number of unbranched alkanes of at least 4 members (excludes halogenated alkanes) is 18. The molecule has 0 aliphatic rings. The van der Waals surface area contributed by atoms with Gasteiger partial charge in [0.2, 0.25) is 0 Å². The number of carbonyl (C=O) groups is 3. The molecule has 0 fully saturated rings. The highest BCUT2D eigenvalue weighted by molar-refractivity contribution is 5.71. The van der Waals surface area contributed by atoms with Crippen LogP contribution in [0, 0.1) is 0 Å². The van der Waals surface area contributed by atoms with E-state index in [4.69, 9.17) is 14.2 Å². The summed E-state index contributed by atoms with van der Waals surface area (Å²) in [7, 11) is 0. The third-order valence-corrected chi connectivity index (χ3v) is 10.3. The van der Waals surface area contributed by atoms with E-state index in [0.29, 0.717) is 12.8 Å². The normalized spacial score (nSPS) is 12.9. The van der Waals surface area contributed by atoms with Gasteiger partial charge in [0.15, 0.2) is 6.10 Å². The molecule has 0 rings (SSSR count). The summed E-state index contributed by atoms with van der Waals surface area (Å²) >= 11 is 0. The molecule has 0 aromatic heterocycles. The van der Waals surface area contributed by atoms with E-state index in [-0.39, 0.29) is 37.5 Å². The van der Waals surface area contributed by atoms with Crippen LogP contribution in [0.1, 0.15) is 220 Å². The van der Waals surface area contributed by atoms with Crippen molar-refractivity contribution < 1.29 is 28.6 Å². The van der Waals surface area contributed by atoms with Crippen molar-refractivity contribution >= 4 is 17.9 Å². The van der Waals surface area contributed by atoms with Gasteiger partial charge >= 0.3 is 17.9 Å². The van der Waals surface area contributed by atoms with Gasteiger partial charge in [0.1, 0.15) is 13.2 Å². The molecule has 0 aliphatic heterocycles. The minimum atomic E-state index is -0.808. The third-order valence-electron chi connectivity index (χ3n) is 10.3. The molecule has 0 aromatic rings. The molecule has 0 spiro atoms. The van der Waals surface area contributed by atoms with Crippen LogP contribution in [0.15, 0.2) is 97.2 Å². The summed E-state index contributed by atoms with van der Waals surface area (Å²) in [6.45, 7) is 6.30. The molecule has 0 saturated carbocycles. The second-order valence-electron chi connectivity index (χ2n) is 16.3. The molecule has 0 amide bonds. The summed E-state index contributed by atoms with van der Waals surface area (Å²) in [4.78, 5) is 37.8. The van der Waals surface area contributed by atoms with Crippen LogP contribution in [0.3, 0.4) is 0 Å².